The van der Waals surface area contributed by atoms with Gasteiger partial charge < -0.3 is 5.11 Å². The van der Waals surface area contributed by atoms with Gasteiger partial charge in [-0.3, -0.25) is 9.48 Å². The number of hydrogen-bond acceptors (Lipinski definition) is 5. The van der Waals surface area contributed by atoms with Crippen molar-refractivity contribution >= 4 is 21.8 Å². The first-order valence-corrected chi connectivity index (χ1v) is 8.69. The first-order valence-electron chi connectivity index (χ1n) is 7.25. The maximum Gasteiger partial charge on any atom is 0.326 e. The van der Waals surface area contributed by atoms with Gasteiger partial charge in [0.15, 0.2) is 5.82 Å². The van der Waals surface area contributed by atoms with Gasteiger partial charge in [-0.05, 0) is 30.5 Å². The largest absolute Gasteiger partial charge is 0.506 e. The fraction of sp³-hybridized carbons (Fsp3) is 0.286. The molecule has 2 aromatic rings. The van der Waals surface area contributed by atoms with Gasteiger partial charge >= 0.3 is 10.2 Å². The molecule has 0 spiro atoms. The molecule has 126 valence electrons. The van der Waals surface area contributed by atoms with Crippen LogP contribution < -0.4 is 9.03 Å². The number of halogens is 1. The Hall–Kier alpha value is -2.62. The average Bonchev–Trinajstić information content (AvgIpc) is 3.14. The molecule has 0 radical (unpaired) electrons. The van der Waals surface area contributed by atoms with E-state index >= 15 is 0 Å². The van der Waals surface area contributed by atoms with Gasteiger partial charge in [0.2, 0.25) is 0 Å². The third-order valence-corrected chi connectivity index (χ3v) is 5.35. The Bertz CT molecular complexity index is 928. The highest BCUT2D eigenvalue weighted by molar-refractivity contribution is 7.92. The molecule has 0 unspecified atom stereocenters. The Morgan fingerprint density at radius 2 is 2.04 bits per heavy atom. The molecule has 1 aliphatic heterocycles. The van der Waals surface area contributed by atoms with Gasteiger partial charge in [-0.25, -0.2) is 13.4 Å². The zero-order valence-electron chi connectivity index (χ0n) is 12.3. The summed E-state index contributed by atoms with van der Waals surface area (Å²) >= 11 is 0. The Morgan fingerprint density at radius 1 is 1.29 bits per heavy atom. The topological polar surface area (TPSA) is 105 Å². The van der Waals surface area contributed by atoms with Gasteiger partial charge in [-0.2, -0.15) is 13.5 Å². The van der Waals surface area contributed by atoms with Crippen LogP contribution in [0.25, 0.3) is 11.1 Å². The number of hydrogen-bond donors (Lipinski definition) is 2. The van der Waals surface area contributed by atoms with Gasteiger partial charge in [-0.1, -0.05) is 0 Å². The number of nitrogens with zero attached hydrogens (tertiary/aromatic N) is 3. The number of anilines is 1. The number of phenols is 1. The lowest BCUT2D eigenvalue weighted by Gasteiger charge is -2.17. The Kier molecular flexibility index (Phi) is 3.07. The predicted octanol–water partition coefficient (Wildman–Crippen LogP) is 0.911. The molecule has 1 aromatic heterocycles. The van der Waals surface area contributed by atoms with Crippen LogP contribution in [0.3, 0.4) is 0 Å². The summed E-state index contributed by atoms with van der Waals surface area (Å²) in [6.07, 6.45) is 5.41. The summed E-state index contributed by atoms with van der Waals surface area (Å²) in [5, 5.41) is 14.3. The Morgan fingerprint density at radius 3 is 2.62 bits per heavy atom. The number of aromatic hydroxyl groups is 1. The van der Waals surface area contributed by atoms with Crippen molar-refractivity contribution in [1.29, 1.82) is 0 Å². The highest BCUT2D eigenvalue weighted by atomic mass is 32.2. The summed E-state index contributed by atoms with van der Waals surface area (Å²) in [6, 6.07) is 2.73. The van der Waals surface area contributed by atoms with E-state index in [1.165, 1.54) is 6.07 Å². The zero-order chi connectivity index (χ0) is 17.1. The van der Waals surface area contributed by atoms with Crippen molar-refractivity contribution in [1.82, 2.24) is 14.5 Å². The van der Waals surface area contributed by atoms with E-state index in [0.717, 1.165) is 18.9 Å². The van der Waals surface area contributed by atoms with Crippen molar-refractivity contribution in [3.8, 4) is 16.9 Å². The SMILES string of the molecule is O=C1CN(c2c(O)cc(-c3cnn(C4CC4)c3)cc2F)S(=O)(=O)N1. The van der Waals surface area contributed by atoms with Crippen molar-refractivity contribution in [3.05, 3.63) is 30.3 Å². The molecule has 2 N–H and O–H groups in total. The van der Waals surface area contributed by atoms with Crippen LogP contribution >= 0.6 is 0 Å². The number of phenolic OH excluding ortho intramolecular Hbond substituents is 1. The lowest BCUT2D eigenvalue weighted by molar-refractivity contribution is -0.117. The monoisotopic (exact) mass is 352 g/mol. The molecule has 0 bridgehead atoms. The van der Waals surface area contributed by atoms with Gasteiger partial charge in [-0.15, -0.1) is 0 Å². The van der Waals surface area contributed by atoms with Crippen molar-refractivity contribution in [2.24, 2.45) is 0 Å². The second-order valence-corrected chi connectivity index (χ2v) is 7.40. The highest BCUT2D eigenvalue weighted by Gasteiger charge is 2.37. The van der Waals surface area contributed by atoms with Crippen LogP contribution in [0.2, 0.25) is 0 Å². The van der Waals surface area contributed by atoms with Crippen LogP contribution in [-0.2, 0) is 15.0 Å². The minimum absolute atomic E-state index is 0.364. The molecule has 1 aromatic carbocycles. The Labute approximate surface area is 136 Å². The van der Waals surface area contributed by atoms with Crippen LogP contribution in [0.1, 0.15) is 18.9 Å². The average molecular weight is 352 g/mol. The molecule has 1 saturated carbocycles. The summed E-state index contributed by atoms with van der Waals surface area (Å²) in [4.78, 5) is 11.3. The van der Waals surface area contributed by atoms with Crippen LogP contribution in [0.5, 0.6) is 5.75 Å². The zero-order valence-corrected chi connectivity index (χ0v) is 13.1. The smallest absolute Gasteiger partial charge is 0.326 e. The second-order valence-electron chi connectivity index (χ2n) is 5.80. The minimum Gasteiger partial charge on any atom is -0.506 e. The number of carbonyl (C=O) groups excluding carboxylic acids is 1. The summed E-state index contributed by atoms with van der Waals surface area (Å²) in [6.45, 7) is -0.578. The van der Waals surface area contributed by atoms with E-state index in [2.05, 4.69) is 5.10 Å². The number of rotatable bonds is 3. The predicted molar refractivity (Wildman–Crippen MR) is 82.0 cm³/mol. The third kappa shape index (κ3) is 2.39. The quantitative estimate of drug-likeness (QED) is 0.854. The van der Waals surface area contributed by atoms with E-state index in [1.54, 1.807) is 21.8 Å². The lowest BCUT2D eigenvalue weighted by atomic mass is 10.1. The molecule has 1 aliphatic carbocycles. The van der Waals surface area contributed by atoms with Gasteiger partial charge in [0.05, 0.1) is 12.2 Å². The Balaban J connectivity index is 1.74. The molecular weight excluding hydrogens is 339 g/mol. The first kappa shape index (κ1) is 14.9. The van der Waals surface area contributed by atoms with Crippen molar-refractivity contribution in [2.75, 3.05) is 10.8 Å². The molecule has 2 fully saturated rings. The molecule has 4 rings (SSSR count). The van der Waals surface area contributed by atoms with Crippen LogP contribution in [0.4, 0.5) is 10.1 Å². The summed E-state index contributed by atoms with van der Waals surface area (Å²) in [7, 11) is -4.19. The molecule has 0 atom stereocenters. The fourth-order valence-electron chi connectivity index (χ4n) is 2.67. The maximum atomic E-state index is 14.5. The number of amides is 1. The van der Waals surface area contributed by atoms with Gasteiger partial charge in [0.25, 0.3) is 5.91 Å². The van der Waals surface area contributed by atoms with E-state index in [-0.39, 0.29) is 0 Å². The number of carbonyl (C=O) groups is 1. The second kappa shape index (κ2) is 4.94. The summed E-state index contributed by atoms with van der Waals surface area (Å²) in [5.41, 5.74) is 0.435. The molecule has 1 saturated heterocycles. The number of benzene rings is 1. The van der Waals surface area contributed by atoms with Gasteiger partial charge in [0.1, 0.15) is 18.0 Å². The lowest BCUT2D eigenvalue weighted by Crippen LogP contribution is -2.30. The molecule has 2 heterocycles. The van der Waals surface area contributed by atoms with Crippen molar-refractivity contribution < 1.29 is 22.7 Å². The highest BCUT2D eigenvalue weighted by Crippen LogP contribution is 2.39. The molecule has 10 heteroatoms. The van der Waals surface area contributed by atoms with E-state index < -0.39 is 39.9 Å². The molecule has 1 amide bonds. The van der Waals surface area contributed by atoms with Crippen molar-refractivity contribution in [2.45, 2.75) is 18.9 Å². The normalized spacial score (nSPS) is 19.5. The summed E-state index contributed by atoms with van der Waals surface area (Å²) < 4.78 is 42.1. The maximum absolute atomic E-state index is 14.5. The first-order chi connectivity index (χ1) is 11.3. The molecule has 2 aliphatic rings. The van der Waals surface area contributed by atoms with E-state index in [0.29, 0.717) is 21.5 Å². The molecular formula is C14H13FN4O4S. The van der Waals surface area contributed by atoms with Crippen molar-refractivity contribution in [3.63, 3.8) is 0 Å². The van der Waals surface area contributed by atoms with Gasteiger partial charge in [0, 0.05) is 11.8 Å². The minimum atomic E-state index is -4.19. The molecule has 8 nitrogen and oxygen atoms in total. The van der Waals surface area contributed by atoms with Crippen LogP contribution in [-0.4, -0.2) is 35.8 Å². The third-order valence-electron chi connectivity index (χ3n) is 3.97. The summed E-state index contributed by atoms with van der Waals surface area (Å²) in [5.74, 6) is -2.29. The van der Waals surface area contributed by atoms with Crippen LogP contribution in [0.15, 0.2) is 24.5 Å². The standard InChI is InChI=1S/C14H13FN4O4S/c15-11-3-8(9-5-16-18(6-9)10-1-2-10)4-12(20)14(11)19-7-13(21)17-24(19,22)23/h3-6,10,20H,1-2,7H2,(H,17,21). The van der Waals surface area contributed by atoms with E-state index in [1.807, 2.05) is 0 Å². The van der Waals surface area contributed by atoms with Crippen LogP contribution in [0, 0.1) is 5.82 Å². The van der Waals surface area contributed by atoms with E-state index in [9.17, 15) is 22.7 Å². The fourth-order valence-corrected chi connectivity index (χ4v) is 3.84. The van der Waals surface area contributed by atoms with E-state index in [4.69, 9.17) is 0 Å². The molecule has 24 heavy (non-hydrogen) atoms. The number of nitrogens with one attached hydrogen (secondary N) is 1. The number of aromatic nitrogens is 2.